The maximum atomic E-state index is 12.2. The Morgan fingerprint density at radius 1 is 1.23 bits per heavy atom. The van der Waals surface area contributed by atoms with Gasteiger partial charge in [0.05, 0.1) is 21.3 Å². The van der Waals surface area contributed by atoms with Crippen molar-refractivity contribution >= 4 is 39.5 Å². The molecule has 1 aliphatic carbocycles. The van der Waals surface area contributed by atoms with E-state index in [9.17, 15) is 14.4 Å². The van der Waals surface area contributed by atoms with Gasteiger partial charge in [0.25, 0.3) is 5.91 Å². The van der Waals surface area contributed by atoms with Gasteiger partial charge in [-0.25, -0.2) is 14.6 Å². The standard InChI is InChI=1S/C18H21N3O4S/c1-11(16(22)21-18(24)20-13-5-3-2-4-6-13)25-17(23)12-7-8-14-15(9-12)26-10-19-14/h7-11,13H,2-6H2,1H3,(H2,20,21,22,24)/t11-/m1/s1. The molecule has 2 aromatic rings. The molecule has 3 rings (SSSR count). The number of hydrogen-bond acceptors (Lipinski definition) is 6. The molecule has 8 heteroatoms. The SMILES string of the molecule is C[C@@H](OC(=O)c1ccc2ncsc2c1)C(=O)NC(=O)NC1CCCCC1. The number of nitrogens with zero attached hydrogens (tertiary/aromatic N) is 1. The van der Waals surface area contributed by atoms with Gasteiger partial charge >= 0.3 is 12.0 Å². The molecule has 1 saturated carbocycles. The van der Waals surface area contributed by atoms with Gasteiger partial charge in [-0.3, -0.25) is 10.1 Å². The fraction of sp³-hybridized carbons (Fsp3) is 0.444. The second kappa shape index (κ2) is 8.27. The molecule has 1 aliphatic rings. The summed E-state index contributed by atoms with van der Waals surface area (Å²) in [4.78, 5) is 40.3. The first-order valence-corrected chi connectivity index (χ1v) is 9.56. The molecular weight excluding hydrogens is 354 g/mol. The van der Waals surface area contributed by atoms with Crippen molar-refractivity contribution in [1.82, 2.24) is 15.6 Å². The number of carbonyl (C=O) groups is 3. The Morgan fingerprint density at radius 2 is 2.00 bits per heavy atom. The molecule has 26 heavy (non-hydrogen) atoms. The van der Waals surface area contributed by atoms with Crippen LogP contribution in [-0.2, 0) is 9.53 Å². The lowest BCUT2D eigenvalue weighted by Gasteiger charge is -2.23. The summed E-state index contributed by atoms with van der Waals surface area (Å²) in [6, 6.07) is 4.56. The summed E-state index contributed by atoms with van der Waals surface area (Å²) in [6.45, 7) is 1.44. The third-order valence-corrected chi connectivity index (χ3v) is 5.19. The van der Waals surface area contributed by atoms with E-state index in [-0.39, 0.29) is 6.04 Å². The molecule has 0 radical (unpaired) electrons. The van der Waals surface area contributed by atoms with Crippen LogP contribution < -0.4 is 10.6 Å². The van der Waals surface area contributed by atoms with Crippen molar-refractivity contribution in [3.05, 3.63) is 29.3 Å². The largest absolute Gasteiger partial charge is 0.449 e. The maximum absolute atomic E-state index is 12.2. The van der Waals surface area contributed by atoms with Gasteiger partial charge in [0, 0.05) is 6.04 Å². The molecule has 1 heterocycles. The Bertz CT molecular complexity index is 814. The van der Waals surface area contributed by atoms with Crippen LogP contribution in [-0.4, -0.2) is 35.0 Å². The van der Waals surface area contributed by atoms with E-state index in [1.165, 1.54) is 24.7 Å². The van der Waals surface area contributed by atoms with Gasteiger partial charge in [0.15, 0.2) is 6.10 Å². The van der Waals surface area contributed by atoms with E-state index < -0.39 is 24.0 Å². The maximum Gasteiger partial charge on any atom is 0.338 e. The summed E-state index contributed by atoms with van der Waals surface area (Å²) in [5.41, 5.74) is 2.84. The van der Waals surface area contributed by atoms with Gasteiger partial charge in [-0.1, -0.05) is 19.3 Å². The highest BCUT2D eigenvalue weighted by Gasteiger charge is 2.23. The Balaban J connectivity index is 1.51. The number of thiazole rings is 1. The van der Waals surface area contributed by atoms with Crippen LogP contribution >= 0.6 is 11.3 Å². The lowest BCUT2D eigenvalue weighted by molar-refractivity contribution is -0.127. The number of ether oxygens (including phenoxy) is 1. The van der Waals surface area contributed by atoms with Gasteiger partial charge in [-0.05, 0) is 38.0 Å². The third kappa shape index (κ3) is 4.57. The first-order valence-electron chi connectivity index (χ1n) is 8.68. The van der Waals surface area contributed by atoms with E-state index in [2.05, 4.69) is 15.6 Å². The molecule has 1 atom stereocenters. The smallest absolute Gasteiger partial charge is 0.338 e. The van der Waals surface area contributed by atoms with E-state index in [0.29, 0.717) is 5.56 Å². The molecule has 0 bridgehead atoms. The Hall–Kier alpha value is -2.48. The zero-order valence-corrected chi connectivity index (χ0v) is 15.3. The van der Waals surface area contributed by atoms with Gasteiger partial charge in [-0.15, -0.1) is 11.3 Å². The quantitative estimate of drug-likeness (QED) is 0.801. The van der Waals surface area contributed by atoms with Crippen LogP contribution in [0.15, 0.2) is 23.7 Å². The van der Waals surface area contributed by atoms with Crippen molar-refractivity contribution in [3.8, 4) is 0 Å². The van der Waals surface area contributed by atoms with Crippen molar-refractivity contribution in [2.75, 3.05) is 0 Å². The van der Waals surface area contributed by atoms with E-state index >= 15 is 0 Å². The number of aromatic nitrogens is 1. The molecule has 0 saturated heterocycles. The van der Waals surface area contributed by atoms with Crippen molar-refractivity contribution in [3.63, 3.8) is 0 Å². The van der Waals surface area contributed by atoms with Crippen LogP contribution in [0.2, 0.25) is 0 Å². The number of rotatable bonds is 4. The molecule has 0 spiro atoms. The number of nitrogens with one attached hydrogen (secondary N) is 2. The average Bonchev–Trinajstić information content (AvgIpc) is 3.10. The third-order valence-electron chi connectivity index (χ3n) is 4.40. The lowest BCUT2D eigenvalue weighted by atomic mass is 9.96. The minimum atomic E-state index is -1.07. The predicted octanol–water partition coefficient (Wildman–Crippen LogP) is 3.00. The number of fused-ring (bicyclic) bond motifs is 1. The minimum Gasteiger partial charge on any atom is -0.449 e. The van der Waals surface area contributed by atoms with Gasteiger partial charge in [0.2, 0.25) is 0 Å². The number of imide groups is 1. The zero-order chi connectivity index (χ0) is 18.5. The molecule has 7 nitrogen and oxygen atoms in total. The highest BCUT2D eigenvalue weighted by Crippen LogP contribution is 2.20. The predicted molar refractivity (Wildman–Crippen MR) is 98.0 cm³/mol. The molecule has 1 fully saturated rings. The molecule has 1 aromatic heterocycles. The number of urea groups is 1. The zero-order valence-electron chi connectivity index (χ0n) is 14.5. The normalized spacial score (nSPS) is 16.0. The van der Waals surface area contributed by atoms with Crippen LogP contribution in [0.25, 0.3) is 10.2 Å². The minimum absolute atomic E-state index is 0.0977. The number of amides is 3. The number of hydrogen-bond donors (Lipinski definition) is 2. The number of carbonyl (C=O) groups excluding carboxylic acids is 3. The molecule has 2 N–H and O–H groups in total. The Labute approximate surface area is 155 Å². The van der Waals surface area contributed by atoms with E-state index in [1.54, 1.807) is 23.7 Å². The van der Waals surface area contributed by atoms with E-state index in [1.807, 2.05) is 0 Å². The molecule has 3 amide bonds. The first kappa shape index (κ1) is 18.3. The van der Waals surface area contributed by atoms with Crippen LogP contribution in [0.4, 0.5) is 4.79 Å². The molecule has 0 aliphatic heterocycles. The summed E-state index contributed by atoms with van der Waals surface area (Å²) >= 11 is 1.42. The summed E-state index contributed by atoms with van der Waals surface area (Å²) in [5, 5.41) is 5.03. The molecular formula is C18H21N3O4S. The molecule has 0 unspecified atom stereocenters. The fourth-order valence-corrected chi connectivity index (χ4v) is 3.66. The number of benzene rings is 1. The van der Waals surface area contributed by atoms with Crippen molar-refractivity contribution in [1.29, 1.82) is 0 Å². The van der Waals surface area contributed by atoms with Crippen molar-refractivity contribution in [2.24, 2.45) is 0 Å². The fourth-order valence-electron chi connectivity index (χ4n) is 2.95. The van der Waals surface area contributed by atoms with E-state index in [0.717, 1.165) is 35.9 Å². The van der Waals surface area contributed by atoms with Crippen LogP contribution in [0, 0.1) is 0 Å². The summed E-state index contributed by atoms with van der Waals surface area (Å²) < 4.78 is 6.03. The summed E-state index contributed by atoms with van der Waals surface area (Å²) in [7, 11) is 0. The summed E-state index contributed by atoms with van der Waals surface area (Å²) in [6.07, 6.45) is 4.11. The highest BCUT2D eigenvalue weighted by atomic mass is 32.1. The Kier molecular flexibility index (Phi) is 5.82. The summed E-state index contributed by atoms with van der Waals surface area (Å²) in [5.74, 6) is -1.26. The van der Waals surface area contributed by atoms with E-state index in [4.69, 9.17) is 4.74 Å². The topological polar surface area (TPSA) is 97.4 Å². The second-order valence-electron chi connectivity index (χ2n) is 6.38. The van der Waals surface area contributed by atoms with Crippen molar-refractivity contribution < 1.29 is 19.1 Å². The lowest BCUT2D eigenvalue weighted by Crippen LogP contribution is -2.48. The second-order valence-corrected chi connectivity index (χ2v) is 7.27. The van der Waals surface area contributed by atoms with Gasteiger partial charge in [-0.2, -0.15) is 0 Å². The first-order chi connectivity index (χ1) is 12.5. The van der Waals surface area contributed by atoms with Gasteiger partial charge in [0.1, 0.15) is 0 Å². The van der Waals surface area contributed by atoms with Crippen LogP contribution in [0.5, 0.6) is 0 Å². The van der Waals surface area contributed by atoms with Gasteiger partial charge < -0.3 is 10.1 Å². The Morgan fingerprint density at radius 3 is 2.77 bits per heavy atom. The highest BCUT2D eigenvalue weighted by molar-refractivity contribution is 7.16. The average molecular weight is 375 g/mol. The van der Waals surface area contributed by atoms with Crippen LogP contribution in [0.1, 0.15) is 49.4 Å². The van der Waals surface area contributed by atoms with Crippen LogP contribution in [0.3, 0.4) is 0 Å². The molecule has 138 valence electrons. The number of esters is 1. The van der Waals surface area contributed by atoms with Crippen molar-refractivity contribution in [2.45, 2.75) is 51.2 Å². The monoisotopic (exact) mass is 375 g/mol. The molecule has 1 aromatic carbocycles.